The molecule has 6 nitrogen and oxygen atoms in total. The van der Waals surface area contributed by atoms with Gasteiger partial charge in [0.2, 0.25) is 5.91 Å². The zero-order chi connectivity index (χ0) is 19.1. The van der Waals surface area contributed by atoms with Crippen LogP contribution >= 0.6 is 0 Å². The molecular weight excluding hydrogens is 344 g/mol. The first kappa shape index (κ1) is 18.8. The predicted molar refractivity (Wildman–Crippen MR) is 102 cm³/mol. The summed E-state index contributed by atoms with van der Waals surface area (Å²) in [6, 6.07) is 15.9. The Morgan fingerprint density at radius 1 is 1.07 bits per heavy atom. The molecule has 27 heavy (non-hydrogen) atoms. The molecular formula is C21H24N2O4. The minimum atomic E-state index is -0.0908. The zero-order valence-corrected chi connectivity index (χ0v) is 15.1. The summed E-state index contributed by atoms with van der Waals surface area (Å²) in [5.74, 6) is 0.709. The highest BCUT2D eigenvalue weighted by atomic mass is 16.5. The SMILES string of the molecule is O=C(CCOc1ccccc1)NC1CCN(C(=O)c2cccc(O)c2)CC1. The largest absolute Gasteiger partial charge is 0.508 e. The molecule has 0 atom stereocenters. The van der Waals surface area contributed by atoms with Crippen LogP contribution in [0.5, 0.6) is 11.5 Å². The van der Waals surface area contributed by atoms with Crippen LogP contribution in [0.1, 0.15) is 29.6 Å². The fraction of sp³-hybridized carbons (Fsp3) is 0.333. The average Bonchev–Trinajstić information content (AvgIpc) is 2.69. The Morgan fingerprint density at radius 2 is 1.81 bits per heavy atom. The first-order chi connectivity index (χ1) is 13.1. The van der Waals surface area contributed by atoms with E-state index in [0.717, 1.165) is 18.6 Å². The quantitative estimate of drug-likeness (QED) is 0.821. The number of benzene rings is 2. The summed E-state index contributed by atoms with van der Waals surface area (Å²) in [6.07, 6.45) is 1.74. The smallest absolute Gasteiger partial charge is 0.253 e. The van der Waals surface area contributed by atoms with Crippen molar-refractivity contribution >= 4 is 11.8 Å². The molecule has 0 unspecified atom stereocenters. The summed E-state index contributed by atoms with van der Waals surface area (Å²) >= 11 is 0. The third kappa shape index (κ3) is 5.48. The van der Waals surface area contributed by atoms with Crippen LogP contribution in [0.3, 0.4) is 0 Å². The van der Waals surface area contributed by atoms with Gasteiger partial charge in [0.05, 0.1) is 13.0 Å². The minimum Gasteiger partial charge on any atom is -0.508 e. The van der Waals surface area contributed by atoms with E-state index in [1.165, 1.54) is 6.07 Å². The molecule has 0 aromatic heterocycles. The summed E-state index contributed by atoms with van der Waals surface area (Å²) in [7, 11) is 0. The predicted octanol–water partition coefficient (Wildman–Crippen LogP) is 2.58. The van der Waals surface area contributed by atoms with Crippen molar-refractivity contribution < 1.29 is 19.4 Å². The van der Waals surface area contributed by atoms with Crippen molar-refractivity contribution in [3.8, 4) is 11.5 Å². The Bertz CT molecular complexity index is 771. The van der Waals surface area contributed by atoms with E-state index in [0.29, 0.717) is 31.7 Å². The van der Waals surface area contributed by atoms with Crippen LogP contribution in [-0.4, -0.2) is 47.6 Å². The maximum absolute atomic E-state index is 12.5. The molecule has 0 bridgehead atoms. The fourth-order valence-corrected chi connectivity index (χ4v) is 3.13. The van der Waals surface area contributed by atoms with Crippen molar-refractivity contribution in [2.24, 2.45) is 0 Å². The van der Waals surface area contributed by atoms with Crippen LogP contribution in [0.2, 0.25) is 0 Å². The molecule has 0 radical (unpaired) electrons. The maximum atomic E-state index is 12.5. The molecule has 2 aromatic rings. The number of amides is 2. The van der Waals surface area contributed by atoms with Gasteiger partial charge < -0.3 is 20.1 Å². The van der Waals surface area contributed by atoms with Gasteiger partial charge in [-0.2, -0.15) is 0 Å². The number of phenolic OH excluding ortho intramolecular Hbond substituents is 1. The van der Waals surface area contributed by atoms with Crippen molar-refractivity contribution in [3.05, 3.63) is 60.2 Å². The normalized spacial score (nSPS) is 14.6. The van der Waals surface area contributed by atoms with E-state index < -0.39 is 0 Å². The van der Waals surface area contributed by atoms with E-state index in [9.17, 15) is 14.7 Å². The number of rotatable bonds is 6. The Balaban J connectivity index is 1.38. The molecule has 2 N–H and O–H groups in total. The van der Waals surface area contributed by atoms with E-state index in [-0.39, 0.29) is 23.6 Å². The standard InChI is InChI=1S/C21H24N2O4/c24-18-6-4-5-16(15-18)21(26)23-12-9-17(10-13-23)22-20(25)11-14-27-19-7-2-1-3-8-19/h1-8,15,17,24H,9-14H2,(H,22,25). The molecule has 1 aliphatic heterocycles. The van der Waals surface area contributed by atoms with Gasteiger partial charge in [0.15, 0.2) is 0 Å². The number of hydrogen-bond acceptors (Lipinski definition) is 4. The summed E-state index contributed by atoms with van der Waals surface area (Å²) in [5, 5.41) is 12.5. The second kappa shape index (κ2) is 9.07. The summed E-state index contributed by atoms with van der Waals surface area (Å²) in [6.45, 7) is 1.50. The van der Waals surface area contributed by atoms with Crippen LogP contribution in [0.4, 0.5) is 0 Å². The zero-order valence-electron chi connectivity index (χ0n) is 15.1. The first-order valence-electron chi connectivity index (χ1n) is 9.17. The molecule has 1 saturated heterocycles. The van der Waals surface area contributed by atoms with Gasteiger partial charge in [-0.15, -0.1) is 0 Å². The van der Waals surface area contributed by atoms with Gasteiger partial charge in [0.1, 0.15) is 11.5 Å². The number of hydrogen-bond donors (Lipinski definition) is 2. The molecule has 3 rings (SSSR count). The number of phenols is 1. The van der Waals surface area contributed by atoms with Crippen molar-refractivity contribution in [1.29, 1.82) is 0 Å². The highest BCUT2D eigenvalue weighted by Crippen LogP contribution is 2.17. The van der Waals surface area contributed by atoms with Crippen molar-refractivity contribution in [2.45, 2.75) is 25.3 Å². The van der Waals surface area contributed by atoms with Gasteiger partial charge in [-0.1, -0.05) is 24.3 Å². The molecule has 2 amide bonds. The number of nitrogens with zero attached hydrogens (tertiary/aromatic N) is 1. The number of likely N-dealkylation sites (tertiary alicyclic amines) is 1. The second-order valence-electron chi connectivity index (χ2n) is 6.60. The lowest BCUT2D eigenvalue weighted by Gasteiger charge is -2.32. The van der Waals surface area contributed by atoms with Crippen LogP contribution in [0.15, 0.2) is 54.6 Å². The Labute approximate surface area is 158 Å². The lowest BCUT2D eigenvalue weighted by molar-refractivity contribution is -0.122. The van der Waals surface area contributed by atoms with Gasteiger partial charge in [-0.05, 0) is 43.2 Å². The number of para-hydroxylation sites is 1. The first-order valence-corrected chi connectivity index (χ1v) is 9.17. The van der Waals surface area contributed by atoms with Crippen molar-refractivity contribution in [3.63, 3.8) is 0 Å². The summed E-state index contributed by atoms with van der Waals surface area (Å²) in [4.78, 5) is 26.3. The number of ether oxygens (including phenoxy) is 1. The molecule has 0 spiro atoms. The lowest BCUT2D eigenvalue weighted by atomic mass is 10.0. The number of aromatic hydroxyl groups is 1. The molecule has 0 saturated carbocycles. The molecule has 1 heterocycles. The fourth-order valence-electron chi connectivity index (χ4n) is 3.13. The molecule has 1 aliphatic rings. The minimum absolute atomic E-state index is 0.0383. The lowest BCUT2D eigenvalue weighted by Crippen LogP contribution is -2.46. The van der Waals surface area contributed by atoms with Gasteiger partial charge in [-0.25, -0.2) is 0 Å². The monoisotopic (exact) mass is 368 g/mol. The van der Waals surface area contributed by atoms with E-state index in [2.05, 4.69) is 5.32 Å². The summed E-state index contributed by atoms with van der Waals surface area (Å²) < 4.78 is 5.54. The third-order valence-corrected chi connectivity index (χ3v) is 4.58. The molecule has 0 aliphatic carbocycles. The Kier molecular flexibility index (Phi) is 6.30. The number of piperidine rings is 1. The molecule has 1 fully saturated rings. The number of carbonyl (C=O) groups excluding carboxylic acids is 2. The van der Waals surface area contributed by atoms with Crippen LogP contribution in [0, 0.1) is 0 Å². The number of carbonyl (C=O) groups is 2. The van der Waals surface area contributed by atoms with Gasteiger partial charge >= 0.3 is 0 Å². The van der Waals surface area contributed by atoms with E-state index in [4.69, 9.17) is 4.74 Å². The van der Waals surface area contributed by atoms with Crippen LogP contribution in [0.25, 0.3) is 0 Å². The van der Waals surface area contributed by atoms with E-state index in [1.807, 2.05) is 30.3 Å². The molecule has 142 valence electrons. The van der Waals surface area contributed by atoms with Gasteiger partial charge in [0, 0.05) is 24.7 Å². The third-order valence-electron chi connectivity index (χ3n) is 4.58. The average molecular weight is 368 g/mol. The van der Waals surface area contributed by atoms with Crippen molar-refractivity contribution in [2.75, 3.05) is 19.7 Å². The van der Waals surface area contributed by atoms with Crippen LogP contribution in [-0.2, 0) is 4.79 Å². The topological polar surface area (TPSA) is 78.9 Å². The Morgan fingerprint density at radius 3 is 2.52 bits per heavy atom. The maximum Gasteiger partial charge on any atom is 0.253 e. The molecule has 6 heteroatoms. The van der Waals surface area contributed by atoms with E-state index in [1.54, 1.807) is 23.1 Å². The number of nitrogens with one attached hydrogen (secondary N) is 1. The van der Waals surface area contributed by atoms with Crippen LogP contribution < -0.4 is 10.1 Å². The summed E-state index contributed by atoms with van der Waals surface area (Å²) in [5.41, 5.74) is 0.482. The van der Waals surface area contributed by atoms with Gasteiger partial charge in [-0.3, -0.25) is 9.59 Å². The van der Waals surface area contributed by atoms with Gasteiger partial charge in [0.25, 0.3) is 5.91 Å². The van der Waals surface area contributed by atoms with E-state index >= 15 is 0 Å². The highest BCUT2D eigenvalue weighted by Gasteiger charge is 2.24. The van der Waals surface area contributed by atoms with Crippen molar-refractivity contribution in [1.82, 2.24) is 10.2 Å². The molecule has 2 aromatic carbocycles. The Hall–Kier alpha value is -3.02. The second-order valence-corrected chi connectivity index (χ2v) is 6.60. The highest BCUT2D eigenvalue weighted by molar-refractivity contribution is 5.94.